The smallest absolute Gasteiger partial charge is 0.240 e. The van der Waals surface area contributed by atoms with Crippen molar-refractivity contribution in [3.63, 3.8) is 0 Å². The number of hydrogen-bond donors (Lipinski definition) is 1. The molecular weight excluding hydrogens is 328 g/mol. The molecule has 1 unspecified atom stereocenters. The van der Waals surface area contributed by atoms with E-state index in [-0.39, 0.29) is 16.7 Å². The normalized spacial score (nSPS) is 12.7. The minimum atomic E-state index is -0.318. The number of nitrogens with one attached hydrogen (secondary N) is 1. The van der Waals surface area contributed by atoms with Gasteiger partial charge in [-0.15, -0.1) is 10.2 Å². The lowest BCUT2D eigenvalue weighted by Gasteiger charge is -2.19. The molecule has 5 nitrogen and oxygen atoms in total. The molecule has 1 heterocycles. The third kappa shape index (κ3) is 5.21. The topological polar surface area (TPSA) is 58.1 Å². The van der Waals surface area contributed by atoms with Crippen LogP contribution >= 0.6 is 23.1 Å². The number of aromatic nitrogens is 2. The Morgan fingerprint density at radius 2 is 1.87 bits per heavy atom. The van der Waals surface area contributed by atoms with E-state index in [4.69, 9.17) is 0 Å². The molecule has 0 aliphatic carbocycles. The van der Waals surface area contributed by atoms with Crippen LogP contribution in [0.3, 0.4) is 0 Å². The molecule has 0 radical (unpaired) electrons. The van der Waals surface area contributed by atoms with Gasteiger partial charge in [-0.2, -0.15) is 0 Å². The Labute approximate surface area is 145 Å². The van der Waals surface area contributed by atoms with Crippen LogP contribution in [0.4, 0.5) is 5.13 Å². The molecule has 1 amide bonds. The minimum Gasteiger partial charge on any atom is -0.355 e. The van der Waals surface area contributed by atoms with Crippen molar-refractivity contribution in [2.24, 2.45) is 0 Å². The van der Waals surface area contributed by atoms with Gasteiger partial charge in [-0.25, -0.2) is 0 Å². The van der Waals surface area contributed by atoms with E-state index < -0.39 is 0 Å². The number of likely N-dealkylation sites (N-methyl/N-ethyl adjacent to an activating group) is 1. The SMILES string of the molecule is CN(C)C(=O)C(Sc1nnc(NC(C)(C)C)s1)c1ccccc1. The van der Waals surface area contributed by atoms with Crippen molar-refractivity contribution >= 4 is 34.1 Å². The molecule has 23 heavy (non-hydrogen) atoms. The molecule has 1 atom stereocenters. The van der Waals surface area contributed by atoms with Gasteiger partial charge in [-0.3, -0.25) is 4.79 Å². The molecule has 1 aromatic carbocycles. The zero-order valence-electron chi connectivity index (χ0n) is 14.0. The van der Waals surface area contributed by atoms with Crippen molar-refractivity contribution in [2.75, 3.05) is 19.4 Å². The lowest BCUT2D eigenvalue weighted by atomic mass is 10.1. The Bertz CT molecular complexity index is 650. The zero-order chi connectivity index (χ0) is 17.0. The van der Waals surface area contributed by atoms with E-state index in [2.05, 4.69) is 36.3 Å². The van der Waals surface area contributed by atoms with E-state index in [1.807, 2.05) is 30.3 Å². The van der Waals surface area contributed by atoms with Crippen molar-refractivity contribution in [1.29, 1.82) is 0 Å². The van der Waals surface area contributed by atoms with Gasteiger partial charge >= 0.3 is 0 Å². The fraction of sp³-hybridized carbons (Fsp3) is 0.438. The molecule has 2 rings (SSSR count). The highest BCUT2D eigenvalue weighted by Crippen LogP contribution is 2.39. The number of amides is 1. The van der Waals surface area contributed by atoms with Crippen molar-refractivity contribution in [3.05, 3.63) is 35.9 Å². The summed E-state index contributed by atoms with van der Waals surface area (Å²) in [5, 5.41) is 12.1. The predicted molar refractivity (Wildman–Crippen MR) is 97.0 cm³/mol. The molecule has 0 aliphatic heterocycles. The van der Waals surface area contributed by atoms with E-state index in [9.17, 15) is 4.79 Å². The second-order valence-electron chi connectivity index (χ2n) is 6.39. The maximum absolute atomic E-state index is 12.5. The van der Waals surface area contributed by atoms with Crippen LogP contribution in [0.2, 0.25) is 0 Å². The van der Waals surface area contributed by atoms with E-state index >= 15 is 0 Å². The number of nitrogens with zero attached hydrogens (tertiary/aromatic N) is 3. The molecule has 0 saturated carbocycles. The van der Waals surface area contributed by atoms with Crippen LogP contribution < -0.4 is 5.32 Å². The number of carbonyl (C=O) groups is 1. The summed E-state index contributed by atoms with van der Waals surface area (Å²) < 4.78 is 0.779. The number of thioether (sulfide) groups is 1. The van der Waals surface area contributed by atoms with Crippen molar-refractivity contribution < 1.29 is 4.79 Å². The monoisotopic (exact) mass is 350 g/mol. The first-order chi connectivity index (χ1) is 10.8. The highest BCUT2D eigenvalue weighted by Gasteiger charge is 2.25. The number of anilines is 1. The van der Waals surface area contributed by atoms with E-state index in [0.717, 1.165) is 15.0 Å². The molecule has 0 saturated heterocycles. The molecule has 1 N–H and O–H groups in total. The van der Waals surface area contributed by atoms with Crippen LogP contribution in [-0.4, -0.2) is 40.6 Å². The Kier molecular flexibility index (Phi) is 5.64. The third-order valence-electron chi connectivity index (χ3n) is 2.87. The van der Waals surface area contributed by atoms with Crippen LogP contribution in [0.15, 0.2) is 34.7 Å². The summed E-state index contributed by atoms with van der Waals surface area (Å²) in [6, 6.07) is 9.77. The maximum Gasteiger partial charge on any atom is 0.240 e. The van der Waals surface area contributed by atoms with Crippen LogP contribution in [0.1, 0.15) is 31.6 Å². The number of carbonyl (C=O) groups excluding carboxylic acids is 1. The summed E-state index contributed by atoms with van der Waals surface area (Å²) in [5.74, 6) is 0.0433. The number of hydrogen-bond acceptors (Lipinski definition) is 6. The van der Waals surface area contributed by atoms with Crippen LogP contribution in [-0.2, 0) is 4.79 Å². The lowest BCUT2D eigenvalue weighted by Crippen LogP contribution is -2.26. The molecule has 2 aromatic rings. The van der Waals surface area contributed by atoms with E-state index in [1.165, 1.54) is 23.1 Å². The highest BCUT2D eigenvalue weighted by atomic mass is 32.2. The van der Waals surface area contributed by atoms with Crippen molar-refractivity contribution in [3.8, 4) is 0 Å². The second kappa shape index (κ2) is 7.31. The van der Waals surface area contributed by atoms with Gasteiger partial charge < -0.3 is 10.2 Å². The molecule has 0 fully saturated rings. The second-order valence-corrected chi connectivity index (χ2v) is 8.72. The van der Waals surface area contributed by atoms with Crippen LogP contribution in [0.5, 0.6) is 0 Å². The Balaban J connectivity index is 2.20. The van der Waals surface area contributed by atoms with Gasteiger partial charge in [0.15, 0.2) is 4.34 Å². The minimum absolute atomic E-state index is 0.0433. The first-order valence-electron chi connectivity index (χ1n) is 7.31. The Hall–Kier alpha value is -1.60. The first-order valence-corrected chi connectivity index (χ1v) is 9.00. The van der Waals surface area contributed by atoms with Gasteiger partial charge in [0.25, 0.3) is 0 Å². The molecule has 124 valence electrons. The van der Waals surface area contributed by atoms with Gasteiger partial charge in [0.2, 0.25) is 11.0 Å². The maximum atomic E-state index is 12.5. The summed E-state index contributed by atoms with van der Waals surface area (Å²) >= 11 is 2.91. The average Bonchev–Trinajstić information content (AvgIpc) is 2.90. The summed E-state index contributed by atoms with van der Waals surface area (Å²) in [6.07, 6.45) is 0. The Morgan fingerprint density at radius 1 is 1.22 bits per heavy atom. The third-order valence-corrected chi connectivity index (χ3v) is 5.04. The van der Waals surface area contributed by atoms with E-state index in [1.54, 1.807) is 19.0 Å². The number of rotatable bonds is 5. The van der Waals surface area contributed by atoms with Gasteiger partial charge in [0.05, 0.1) is 0 Å². The molecule has 1 aromatic heterocycles. The fourth-order valence-electron chi connectivity index (χ4n) is 1.85. The van der Waals surface area contributed by atoms with Gasteiger partial charge in [0, 0.05) is 19.6 Å². The molecular formula is C16H22N4OS2. The summed E-state index contributed by atoms with van der Waals surface area (Å²) in [5.41, 5.74) is 0.900. The first kappa shape index (κ1) is 17.7. The molecule has 0 spiro atoms. The summed E-state index contributed by atoms with van der Waals surface area (Å²) in [7, 11) is 3.54. The van der Waals surface area contributed by atoms with Crippen LogP contribution in [0.25, 0.3) is 0 Å². The lowest BCUT2D eigenvalue weighted by molar-refractivity contribution is -0.128. The van der Waals surface area contributed by atoms with Crippen LogP contribution in [0, 0.1) is 0 Å². The Morgan fingerprint density at radius 3 is 2.43 bits per heavy atom. The number of benzene rings is 1. The quantitative estimate of drug-likeness (QED) is 0.834. The zero-order valence-corrected chi connectivity index (χ0v) is 15.7. The largest absolute Gasteiger partial charge is 0.355 e. The van der Waals surface area contributed by atoms with Crippen molar-refractivity contribution in [2.45, 2.75) is 35.9 Å². The van der Waals surface area contributed by atoms with E-state index in [0.29, 0.717) is 0 Å². The van der Waals surface area contributed by atoms with Gasteiger partial charge in [-0.1, -0.05) is 53.4 Å². The van der Waals surface area contributed by atoms with Gasteiger partial charge in [0.1, 0.15) is 5.25 Å². The average molecular weight is 351 g/mol. The van der Waals surface area contributed by atoms with Gasteiger partial charge in [-0.05, 0) is 26.3 Å². The van der Waals surface area contributed by atoms with Crippen molar-refractivity contribution in [1.82, 2.24) is 15.1 Å². The standard InChI is InChI=1S/C16H22N4OS2/c1-16(2,3)17-14-18-19-15(23-14)22-12(13(21)20(4)5)11-9-7-6-8-10-11/h6-10,12H,1-5H3,(H,17,18). The molecule has 7 heteroatoms. The predicted octanol–water partition coefficient (Wildman–Crippen LogP) is 3.67. The molecule has 0 aliphatic rings. The summed E-state index contributed by atoms with van der Waals surface area (Å²) in [4.78, 5) is 14.1. The summed E-state index contributed by atoms with van der Waals surface area (Å²) in [6.45, 7) is 6.22. The highest BCUT2D eigenvalue weighted by molar-refractivity contribution is 8.01. The molecule has 0 bridgehead atoms. The fourth-order valence-corrected chi connectivity index (χ4v) is 4.15.